The maximum absolute atomic E-state index is 4.94. The molecule has 312 valence electrons. The molecule has 63 heavy (non-hydrogen) atoms. The second kappa shape index (κ2) is 25.1. The fourth-order valence-electron chi connectivity index (χ4n) is 7.81. The molecule has 2 aliphatic heterocycles. The Bertz CT molecular complexity index is 2050. The zero-order valence-corrected chi connectivity index (χ0v) is 37.4. The zero-order valence-electron chi connectivity index (χ0n) is 36.0. The summed E-state index contributed by atoms with van der Waals surface area (Å²) in [5, 5.41) is 0. The fourth-order valence-corrected chi connectivity index (χ4v) is 7.81. The Hall–Kier alpha value is -6.09. The normalized spacial score (nSPS) is 13.5. The third-order valence-corrected chi connectivity index (χ3v) is 10.9. The number of ether oxygens (including phenoxy) is 2. The van der Waals surface area contributed by atoms with Crippen LogP contribution in [0.15, 0.2) is 219 Å². The first kappa shape index (κ1) is 46.4. The molecule has 0 bridgehead atoms. The van der Waals surface area contributed by atoms with Crippen LogP contribution >= 0.6 is 0 Å². The van der Waals surface area contributed by atoms with Crippen LogP contribution in [0.1, 0.15) is 70.5 Å². The van der Waals surface area contributed by atoms with Crippen LogP contribution < -0.4 is 20.0 Å². The number of nitrogens with zero attached hydrogens (tertiary/aromatic N) is 2. The van der Waals surface area contributed by atoms with Gasteiger partial charge in [-0.05, 0) is 25.7 Å². The van der Waals surface area contributed by atoms with E-state index in [9.17, 15) is 0 Å². The van der Waals surface area contributed by atoms with Crippen LogP contribution in [-0.4, -0.2) is 61.9 Å². The molecule has 0 aliphatic carbocycles. The van der Waals surface area contributed by atoms with Gasteiger partial charge in [0.05, 0.1) is 0 Å². The summed E-state index contributed by atoms with van der Waals surface area (Å²) < 4.78 is 9.89. The fraction of sp³-hybridized carbons (Fsp3) is 0.179. The predicted molar refractivity (Wildman–Crippen MR) is 256 cm³/mol. The Balaban J connectivity index is 0.000000169. The minimum atomic E-state index is -0.497. The maximum Gasteiger partial charge on any atom is 2.00 e. The van der Waals surface area contributed by atoms with Gasteiger partial charge in [-0.1, -0.05) is 218 Å². The summed E-state index contributed by atoms with van der Waals surface area (Å²) in [6, 6.07) is 71.2. The average Bonchev–Trinajstić information content (AvgIpc) is 4.23. The second-order valence-corrected chi connectivity index (χ2v) is 15.0. The summed E-state index contributed by atoms with van der Waals surface area (Å²) >= 11 is 0. The largest absolute Gasteiger partial charge is 2.00 e. The Morgan fingerprint density at radius 2 is 0.571 bits per heavy atom. The van der Waals surface area contributed by atoms with Gasteiger partial charge >= 0.3 is 23.1 Å². The molecule has 0 saturated carbocycles. The smallest absolute Gasteiger partial charge is 0.659 e. The predicted octanol–water partition coefficient (Wildman–Crippen LogP) is 7.48. The molecular weight excluding hydrogens is 785 g/mol. The Morgan fingerprint density at radius 1 is 0.333 bits per heavy atom. The number of hydrogen-bond donors (Lipinski definition) is 2. The molecule has 2 N–H and O–H groups in total. The van der Waals surface area contributed by atoms with E-state index in [1.54, 1.807) is 0 Å². The van der Waals surface area contributed by atoms with Crippen molar-refractivity contribution in [3.8, 4) is 0 Å². The van der Waals surface area contributed by atoms with Gasteiger partial charge in [-0.3, -0.25) is 0 Å². The summed E-state index contributed by atoms with van der Waals surface area (Å²) in [5.41, 5.74) is 7.92. The molecule has 0 radical (unpaired) electrons. The monoisotopic (exact) mass is 840 g/mol. The topological polar surface area (TPSA) is 74.6 Å². The van der Waals surface area contributed by atoms with Crippen LogP contribution in [0.25, 0.3) is 0 Å². The number of rotatable bonds is 10. The molecule has 0 unspecified atom stereocenters. The third-order valence-electron chi connectivity index (χ3n) is 10.9. The maximum atomic E-state index is 4.94. The molecule has 0 spiro atoms. The van der Waals surface area contributed by atoms with Gasteiger partial charge in [-0.15, -0.1) is 0 Å². The molecule has 2 aliphatic rings. The Labute approximate surface area is 389 Å². The number of aromatic nitrogens is 2. The first-order valence-corrected chi connectivity index (χ1v) is 21.6. The van der Waals surface area contributed by atoms with E-state index in [1.165, 1.54) is 59.1 Å². The van der Waals surface area contributed by atoms with E-state index < -0.39 is 11.1 Å². The number of nitrogens with one attached hydrogen (secondary N) is 2. The molecule has 7 heteroatoms. The summed E-state index contributed by atoms with van der Waals surface area (Å²) in [7, 11) is 0. The first-order valence-electron chi connectivity index (χ1n) is 21.6. The average molecular weight is 841 g/mol. The van der Waals surface area contributed by atoms with Gasteiger partial charge in [-0.2, -0.15) is 12.4 Å². The van der Waals surface area contributed by atoms with Gasteiger partial charge in [0, 0.05) is 59.8 Å². The van der Waals surface area contributed by atoms with E-state index in [1.807, 2.05) is 85.5 Å². The van der Waals surface area contributed by atoms with Gasteiger partial charge in [0.25, 0.3) is 0 Å². The van der Waals surface area contributed by atoms with Crippen LogP contribution in [0.3, 0.4) is 0 Å². The van der Waals surface area contributed by atoms with Crippen molar-refractivity contribution in [2.45, 2.75) is 36.8 Å². The first-order chi connectivity index (χ1) is 30.8. The van der Waals surface area contributed by atoms with Crippen LogP contribution in [-0.2, 0) is 20.6 Å². The molecule has 6 nitrogen and oxygen atoms in total. The van der Waals surface area contributed by atoms with Gasteiger partial charge in [0.15, 0.2) is 0 Å². The summed E-state index contributed by atoms with van der Waals surface area (Å²) in [5.74, 6) is 0. The van der Waals surface area contributed by atoms with Crippen LogP contribution in [0, 0.1) is 0 Å². The molecule has 0 atom stereocenters. The van der Waals surface area contributed by atoms with Crippen molar-refractivity contribution in [1.29, 1.82) is 0 Å². The van der Waals surface area contributed by atoms with E-state index in [4.69, 9.17) is 9.47 Å². The molecule has 6 aromatic carbocycles. The van der Waals surface area contributed by atoms with Crippen molar-refractivity contribution in [1.82, 2.24) is 9.97 Å². The molecule has 10 rings (SSSR count). The van der Waals surface area contributed by atoms with Crippen molar-refractivity contribution >= 4 is 35.5 Å². The summed E-state index contributed by atoms with van der Waals surface area (Å²) in [6.07, 6.45) is 12.7. The third kappa shape index (κ3) is 12.5. The number of benzene rings is 6. The summed E-state index contributed by atoms with van der Waals surface area (Å²) in [4.78, 5) is 16.2. The van der Waals surface area contributed by atoms with E-state index in [2.05, 4.69) is 166 Å². The van der Waals surface area contributed by atoms with Crippen LogP contribution in [0.4, 0.5) is 0 Å². The Morgan fingerprint density at radius 3 is 0.746 bits per heavy atom. The van der Waals surface area contributed by atoms with E-state index in [-0.39, 0.29) is 23.1 Å². The molecule has 2 aromatic heterocycles. The van der Waals surface area contributed by atoms with Gasteiger partial charge in [-0.25, -0.2) is 9.98 Å². The molecule has 2 saturated heterocycles. The molecule has 4 heterocycles. The Kier molecular flexibility index (Phi) is 18.5. The second-order valence-electron chi connectivity index (χ2n) is 15.0. The molecule has 0 amide bonds. The SMILES string of the molecule is C(=[NH+]C(c1ccccc1)(c1ccccc1)c1ccccc1)c1ccc[n-]1.C(=[NH+]C(c1ccccc1)(c1ccccc1)c1ccccc1)c1ccc[n-]1.C1CCOC1.C1CCOC1.[Mg+2]. The van der Waals surface area contributed by atoms with Crippen molar-refractivity contribution in [2.24, 2.45) is 0 Å². The molecular formula is C56H56MgN4O2+2. The van der Waals surface area contributed by atoms with Crippen molar-refractivity contribution < 1.29 is 19.5 Å². The quantitative estimate of drug-likeness (QED) is 0.0852. The van der Waals surface area contributed by atoms with Gasteiger partial charge in [0.1, 0.15) is 12.4 Å². The zero-order chi connectivity index (χ0) is 42.4. The van der Waals surface area contributed by atoms with E-state index in [0.717, 1.165) is 37.8 Å². The minimum Gasteiger partial charge on any atom is -0.659 e. The minimum absolute atomic E-state index is 0. The van der Waals surface area contributed by atoms with Crippen LogP contribution in [0.5, 0.6) is 0 Å². The van der Waals surface area contributed by atoms with Crippen molar-refractivity contribution in [3.05, 3.63) is 263 Å². The van der Waals surface area contributed by atoms with Gasteiger partial charge < -0.3 is 19.4 Å². The summed E-state index contributed by atoms with van der Waals surface area (Å²) in [6.45, 7) is 4.00. The number of hydrogen-bond acceptors (Lipinski definition) is 2. The molecule has 2 fully saturated rings. The molecule has 8 aromatic rings. The van der Waals surface area contributed by atoms with Crippen molar-refractivity contribution in [2.75, 3.05) is 26.4 Å². The van der Waals surface area contributed by atoms with Crippen molar-refractivity contribution in [3.63, 3.8) is 0 Å². The standard InChI is InChI=1S/2C24H19N2.2C4H8O.Mg/c2*1-4-11-20(12-5-1)24(21-13-6-2-7-14-21,22-15-8-3-9-16-22)26-19-23-17-10-18-25-23;2*1-2-4-5-3-1;/h2*1-19H;2*1-4H2;/q2*-1;;;+2/p+2. The van der Waals surface area contributed by atoms with E-state index in [0.29, 0.717) is 0 Å². The van der Waals surface area contributed by atoms with Gasteiger partial charge in [0.2, 0.25) is 11.1 Å². The van der Waals surface area contributed by atoms with E-state index >= 15 is 0 Å². The van der Waals surface area contributed by atoms with Crippen LogP contribution in [0.2, 0.25) is 0 Å².